The summed E-state index contributed by atoms with van der Waals surface area (Å²) in [5, 5.41) is 11.9. The first kappa shape index (κ1) is 17.7. The van der Waals surface area contributed by atoms with Gasteiger partial charge in [0.05, 0.1) is 23.2 Å². The standard InChI is InChI=1S/C20H19NO5/c1-11-4-6-15(13(8-11)19(24)25)21-18(23)12-5-7-17-14(9-12)16(22)10-20(2,3)26-17/h4-9H,10H2,1-3H3,(H,21,23)(H,24,25). The Morgan fingerprint density at radius 1 is 1.15 bits per heavy atom. The molecule has 2 aromatic rings. The third-order valence-corrected chi connectivity index (χ3v) is 4.17. The minimum Gasteiger partial charge on any atom is -0.487 e. The van der Waals surface area contributed by atoms with Gasteiger partial charge in [0.2, 0.25) is 0 Å². The van der Waals surface area contributed by atoms with Gasteiger partial charge >= 0.3 is 5.97 Å². The fraction of sp³-hybridized carbons (Fsp3) is 0.250. The van der Waals surface area contributed by atoms with Crippen LogP contribution >= 0.6 is 0 Å². The highest BCUT2D eigenvalue weighted by atomic mass is 16.5. The molecule has 2 aromatic carbocycles. The van der Waals surface area contributed by atoms with Crippen LogP contribution in [0.5, 0.6) is 5.75 Å². The second-order valence-corrected chi connectivity index (χ2v) is 6.98. The number of hydrogen-bond donors (Lipinski definition) is 2. The molecule has 1 amide bonds. The first-order chi connectivity index (χ1) is 12.2. The van der Waals surface area contributed by atoms with Gasteiger partial charge in [-0.15, -0.1) is 0 Å². The predicted octanol–water partition coefficient (Wildman–Crippen LogP) is 3.69. The molecule has 0 saturated heterocycles. The maximum absolute atomic E-state index is 12.5. The number of amides is 1. The molecule has 0 radical (unpaired) electrons. The van der Waals surface area contributed by atoms with E-state index in [1.165, 1.54) is 12.1 Å². The number of nitrogens with one attached hydrogen (secondary N) is 1. The third-order valence-electron chi connectivity index (χ3n) is 4.17. The van der Waals surface area contributed by atoms with Crippen molar-refractivity contribution >= 4 is 23.3 Å². The topological polar surface area (TPSA) is 92.7 Å². The third kappa shape index (κ3) is 3.44. The van der Waals surface area contributed by atoms with Gasteiger partial charge in [-0.25, -0.2) is 4.79 Å². The Kier molecular flexibility index (Phi) is 4.28. The zero-order valence-corrected chi connectivity index (χ0v) is 14.8. The summed E-state index contributed by atoms with van der Waals surface area (Å²) in [7, 11) is 0. The van der Waals surface area contributed by atoms with Crippen LogP contribution in [0.1, 0.15) is 56.9 Å². The fourth-order valence-corrected chi connectivity index (χ4v) is 2.93. The van der Waals surface area contributed by atoms with Crippen molar-refractivity contribution in [3.63, 3.8) is 0 Å². The Morgan fingerprint density at radius 2 is 1.88 bits per heavy atom. The van der Waals surface area contributed by atoms with E-state index >= 15 is 0 Å². The Bertz CT molecular complexity index is 930. The van der Waals surface area contributed by atoms with Crippen LogP contribution in [-0.2, 0) is 0 Å². The number of aryl methyl sites for hydroxylation is 1. The molecule has 2 N–H and O–H groups in total. The number of hydrogen-bond acceptors (Lipinski definition) is 4. The van der Waals surface area contributed by atoms with Crippen molar-refractivity contribution in [1.29, 1.82) is 0 Å². The van der Waals surface area contributed by atoms with Crippen LogP contribution in [0.4, 0.5) is 5.69 Å². The average molecular weight is 353 g/mol. The molecule has 1 aliphatic heterocycles. The minimum atomic E-state index is -1.12. The van der Waals surface area contributed by atoms with Gasteiger partial charge in [-0.2, -0.15) is 0 Å². The molecule has 0 unspecified atom stereocenters. The number of ketones is 1. The maximum Gasteiger partial charge on any atom is 0.337 e. The molecule has 6 nitrogen and oxygen atoms in total. The first-order valence-electron chi connectivity index (χ1n) is 8.18. The molecule has 134 valence electrons. The number of fused-ring (bicyclic) bond motifs is 1. The smallest absolute Gasteiger partial charge is 0.337 e. The van der Waals surface area contributed by atoms with Gasteiger partial charge in [-0.3, -0.25) is 9.59 Å². The molecule has 0 saturated carbocycles. The summed E-state index contributed by atoms with van der Waals surface area (Å²) in [6.45, 7) is 5.44. The number of carbonyl (C=O) groups is 3. The number of carboxylic acids is 1. The molecule has 0 atom stereocenters. The highest BCUT2D eigenvalue weighted by molar-refractivity contribution is 6.09. The molecular weight excluding hydrogens is 334 g/mol. The van der Waals surface area contributed by atoms with E-state index in [4.69, 9.17) is 4.74 Å². The molecule has 0 bridgehead atoms. The zero-order valence-electron chi connectivity index (χ0n) is 14.8. The number of carbonyl (C=O) groups excluding carboxylic acids is 2. The minimum absolute atomic E-state index is 0.0115. The van der Waals surface area contributed by atoms with Crippen LogP contribution in [0, 0.1) is 6.92 Å². The van der Waals surface area contributed by atoms with E-state index in [2.05, 4.69) is 5.32 Å². The van der Waals surface area contributed by atoms with Gasteiger partial charge in [-0.1, -0.05) is 11.6 Å². The molecule has 0 aromatic heterocycles. The monoisotopic (exact) mass is 353 g/mol. The summed E-state index contributed by atoms with van der Waals surface area (Å²) in [6, 6.07) is 9.38. The highest BCUT2D eigenvalue weighted by Crippen LogP contribution is 2.33. The van der Waals surface area contributed by atoms with Crippen LogP contribution < -0.4 is 10.1 Å². The van der Waals surface area contributed by atoms with Crippen molar-refractivity contribution in [3.8, 4) is 5.75 Å². The van der Waals surface area contributed by atoms with Crippen molar-refractivity contribution in [3.05, 3.63) is 58.7 Å². The van der Waals surface area contributed by atoms with Crippen molar-refractivity contribution in [2.45, 2.75) is 32.8 Å². The molecule has 0 spiro atoms. The highest BCUT2D eigenvalue weighted by Gasteiger charge is 2.32. The lowest BCUT2D eigenvalue weighted by molar-refractivity contribution is 0.0618. The Morgan fingerprint density at radius 3 is 2.58 bits per heavy atom. The summed E-state index contributed by atoms with van der Waals surface area (Å²) in [5.74, 6) is -1.26. The number of ether oxygens (including phenoxy) is 1. The normalized spacial score (nSPS) is 15.0. The lowest BCUT2D eigenvalue weighted by Crippen LogP contribution is -2.36. The van der Waals surface area contributed by atoms with Crippen molar-refractivity contribution in [2.75, 3.05) is 5.32 Å². The summed E-state index contributed by atoms with van der Waals surface area (Å²) in [4.78, 5) is 36.2. The van der Waals surface area contributed by atoms with Crippen LogP contribution in [-0.4, -0.2) is 28.4 Å². The molecule has 3 rings (SSSR count). The van der Waals surface area contributed by atoms with Gasteiger partial charge in [0.15, 0.2) is 5.78 Å². The number of carboxylic acid groups (broad SMARTS) is 1. The predicted molar refractivity (Wildman–Crippen MR) is 96.2 cm³/mol. The number of rotatable bonds is 3. The lowest BCUT2D eigenvalue weighted by atomic mass is 9.92. The second kappa shape index (κ2) is 6.29. The zero-order chi connectivity index (χ0) is 19.1. The van der Waals surface area contributed by atoms with Crippen molar-refractivity contribution < 1.29 is 24.2 Å². The second-order valence-electron chi connectivity index (χ2n) is 6.98. The summed E-state index contributed by atoms with van der Waals surface area (Å²) < 4.78 is 5.78. The number of Topliss-reactive ketones (excluding diaryl/α,β-unsaturated/α-hetero) is 1. The molecule has 1 heterocycles. The van der Waals surface area contributed by atoms with Crippen LogP contribution in [0.15, 0.2) is 36.4 Å². The molecule has 26 heavy (non-hydrogen) atoms. The van der Waals surface area contributed by atoms with E-state index in [-0.39, 0.29) is 29.0 Å². The fourth-order valence-electron chi connectivity index (χ4n) is 2.93. The summed E-state index contributed by atoms with van der Waals surface area (Å²) >= 11 is 0. The van der Waals surface area contributed by atoms with Gasteiger partial charge in [0.25, 0.3) is 5.91 Å². The van der Waals surface area contributed by atoms with E-state index in [1.807, 2.05) is 13.8 Å². The van der Waals surface area contributed by atoms with Gasteiger partial charge in [0.1, 0.15) is 11.4 Å². The van der Waals surface area contributed by atoms with E-state index in [0.717, 1.165) is 5.56 Å². The molecule has 0 aliphatic carbocycles. The van der Waals surface area contributed by atoms with E-state index in [1.54, 1.807) is 31.2 Å². The number of aromatic carboxylic acids is 1. The van der Waals surface area contributed by atoms with Gasteiger partial charge in [-0.05, 0) is 51.1 Å². The summed E-state index contributed by atoms with van der Waals surface area (Å²) in [6.07, 6.45) is 0.228. The molecule has 6 heteroatoms. The van der Waals surface area contributed by atoms with E-state index < -0.39 is 17.5 Å². The molecule has 0 fully saturated rings. The van der Waals surface area contributed by atoms with Crippen LogP contribution in [0.2, 0.25) is 0 Å². The first-order valence-corrected chi connectivity index (χ1v) is 8.18. The van der Waals surface area contributed by atoms with E-state index in [0.29, 0.717) is 11.3 Å². The van der Waals surface area contributed by atoms with Gasteiger partial charge < -0.3 is 15.2 Å². The Balaban J connectivity index is 1.90. The largest absolute Gasteiger partial charge is 0.487 e. The van der Waals surface area contributed by atoms with Crippen LogP contribution in [0.25, 0.3) is 0 Å². The Hall–Kier alpha value is -3.15. The number of anilines is 1. The van der Waals surface area contributed by atoms with Crippen molar-refractivity contribution in [2.24, 2.45) is 0 Å². The molecule has 1 aliphatic rings. The van der Waals surface area contributed by atoms with Crippen molar-refractivity contribution in [1.82, 2.24) is 0 Å². The van der Waals surface area contributed by atoms with E-state index in [9.17, 15) is 19.5 Å². The van der Waals surface area contributed by atoms with Crippen LogP contribution in [0.3, 0.4) is 0 Å². The average Bonchev–Trinajstić information content (AvgIpc) is 2.55. The SMILES string of the molecule is Cc1ccc(NC(=O)c2ccc3c(c2)C(=O)CC(C)(C)O3)c(C(=O)O)c1. The quantitative estimate of drug-likeness (QED) is 0.878. The summed E-state index contributed by atoms with van der Waals surface area (Å²) in [5.41, 5.74) is 1.04. The lowest BCUT2D eigenvalue weighted by Gasteiger charge is -2.31. The Labute approximate surface area is 150 Å². The number of benzene rings is 2. The molecular formula is C20H19NO5. The maximum atomic E-state index is 12.5. The van der Waals surface area contributed by atoms with Gasteiger partial charge in [0, 0.05) is 5.56 Å².